The number of carbonyl (C=O) groups is 1. The van der Waals surface area contributed by atoms with Gasteiger partial charge in [-0.1, -0.05) is 29.8 Å². The molecular formula is C25H32N4O2. The van der Waals surface area contributed by atoms with Gasteiger partial charge in [-0.3, -0.25) is 4.79 Å². The molecule has 3 aliphatic rings. The molecule has 2 aliphatic heterocycles. The molecule has 1 amide bonds. The molecule has 0 bridgehead atoms. The molecule has 1 aromatic heterocycles. The van der Waals surface area contributed by atoms with E-state index in [0.29, 0.717) is 19.1 Å². The molecule has 6 nitrogen and oxygen atoms in total. The minimum atomic E-state index is 0.0474. The predicted octanol–water partition coefficient (Wildman–Crippen LogP) is 3.25. The summed E-state index contributed by atoms with van der Waals surface area (Å²) in [6.45, 7) is 8.69. The standard InChI is InChI=1S/C25H32N4O2/c1-17-4-3-5-19(14-17)15-22-18(2)26-23(20-6-7-20)27-24(22)28-9-11-29(12-10-28)25(30)21-8-13-31-16-21/h3-5,14,20-21H,6-13,15-16H2,1-2H3/t21-/m0/s1. The lowest BCUT2D eigenvalue weighted by molar-refractivity contribution is -0.135. The maximum absolute atomic E-state index is 12.8. The molecular weight excluding hydrogens is 388 g/mol. The molecule has 1 atom stereocenters. The molecule has 0 unspecified atom stereocenters. The van der Waals surface area contributed by atoms with E-state index in [1.165, 1.54) is 29.5 Å². The number of ether oxygens (including phenoxy) is 1. The van der Waals surface area contributed by atoms with E-state index in [2.05, 4.69) is 43.0 Å². The third kappa shape index (κ3) is 4.45. The fourth-order valence-corrected chi connectivity index (χ4v) is 4.75. The number of carbonyl (C=O) groups excluding carboxylic acids is 1. The van der Waals surface area contributed by atoms with Crippen molar-refractivity contribution < 1.29 is 9.53 Å². The molecule has 31 heavy (non-hydrogen) atoms. The lowest BCUT2D eigenvalue weighted by atomic mass is 10.0. The van der Waals surface area contributed by atoms with E-state index in [9.17, 15) is 4.79 Å². The molecule has 0 spiro atoms. The zero-order valence-corrected chi connectivity index (χ0v) is 18.6. The van der Waals surface area contributed by atoms with Crippen molar-refractivity contribution in [2.24, 2.45) is 5.92 Å². The summed E-state index contributed by atoms with van der Waals surface area (Å²) in [6, 6.07) is 8.69. The highest BCUT2D eigenvalue weighted by Crippen LogP contribution is 2.39. The minimum absolute atomic E-state index is 0.0474. The van der Waals surface area contributed by atoms with Crippen LogP contribution >= 0.6 is 0 Å². The fraction of sp³-hybridized carbons (Fsp3) is 0.560. The van der Waals surface area contributed by atoms with Gasteiger partial charge in [0, 0.05) is 56.4 Å². The average molecular weight is 421 g/mol. The van der Waals surface area contributed by atoms with Crippen LogP contribution in [0.1, 0.15) is 53.4 Å². The second-order valence-corrected chi connectivity index (χ2v) is 9.28. The van der Waals surface area contributed by atoms with Crippen LogP contribution in [-0.2, 0) is 16.0 Å². The summed E-state index contributed by atoms with van der Waals surface area (Å²) in [5.41, 5.74) is 4.88. The van der Waals surface area contributed by atoms with Crippen LogP contribution in [0.5, 0.6) is 0 Å². The monoisotopic (exact) mass is 420 g/mol. The van der Waals surface area contributed by atoms with Crippen LogP contribution in [-0.4, -0.2) is 60.2 Å². The Morgan fingerprint density at radius 3 is 2.58 bits per heavy atom. The van der Waals surface area contributed by atoms with E-state index in [4.69, 9.17) is 14.7 Å². The Balaban J connectivity index is 1.37. The van der Waals surface area contributed by atoms with Crippen LogP contribution in [0.3, 0.4) is 0 Å². The molecule has 1 aromatic carbocycles. The van der Waals surface area contributed by atoms with Gasteiger partial charge in [0.2, 0.25) is 5.91 Å². The normalized spacial score (nSPS) is 21.5. The lowest BCUT2D eigenvalue weighted by Gasteiger charge is -2.37. The largest absolute Gasteiger partial charge is 0.381 e. The van der Waals surface area contributed by atoms with Crippen molar-refractivity contribution in [2.75, 3.05) is 44.3 Å². The molecule has 2 saturated heterocycles. The molecule has 164 valence electrons. The van der Waals surface area contributed by atoms with E-state index in [0.717, 1.165) is 56.4 Å². The Kier molecular flexibility index (Phi) is 5.65. The van der Waals surface area contributed by atoms with Crippen molar-refractivity contribution in [3.05, 3.63) is 52.5 Å². The quantitative estimate of drug-likeness (QED) is 0.743. The van der Waals surface area contributed by atoms with Gasteiger partial charge in [0.15, 0.2) is 0 Å². The summed E-state index contributed by atoms with van der Waals surface area (Å²) in [6.07, 6.45) is 4.09. The second-order valence-electron chi connectivity index (χ2n) is 9.28. The highest BCUT2D eigenvalue weighted by atomic mass is 16.5. The zero-order chi connectivity index (χ0) is 21.4. The molecule has 5 rings (SSSR count). The summed E-state index contributed by atoms with van der Waals surface area (Å²) < 4.78 is 5.42. The second kappa shape index (κ2) is 8.58. The Morgan fingerprint density at radius 1 is 1.10 bits per heavy atom. The number of aryl methyl sites for hydroxylation is 2. The lowest BCUT2D eigenvalue weighted by Crippen LogP contribution is -2.51. The highest BCUT2D eigenvalue weighted by molar-refractivity contribution is 5.79. The predicted molar refractivity (Wildman–Crippen MR) is 120 cm³/mol. The van der Waals surface area contributed by atoms with Gasteiger partial charge in [0.25, 0.3) is 0 Å². The molecule has 1 saturated carbocycles. The van der Waals surface area contributed by atoms with Gasteiger partial charge in [-0.05, 0) is 38.7 Å². The number of anilines is 1. The third-order valence-corrected chi connectivity index (χ3v) is 6.79. The van der Waals surface area contributed by atoms with Crippen LogP contribution < -0.4 is 4.90 Å². The van der Waals surface area contributed by atoms with E-state index in [1.54, 1.807) is 0 Å². The number of rotatable bonds is 5. The number of aromatic nitrogens is 2. The highest BCUT2D eigenvalue weighted by Gasteiger charge is 2.32. The number of nitrogens with zero attached hydrogens (tertiary/aromatic N) is 4. The van der Waals surface area contributed by atoms with E-state index < -0.39 is 0 Å². The van der Waals surface area contributed by atoms with Gasteiger partial charge in [-0.2, -0.15) is 0 Å². The first-order valence-corrected chi connectivity index (χ1v) is 11.6. The first-order chi connectivity index (χ1) is 15.1. The first-order valence-electron chi connectivity index (χ1n) is 11.6. The SMILES string of the molecule is Cc1cccc(Cc2c(C)nc(C3CC3)nc2N2CCN(C(=O)[C@H]3CCOC3)CC2)c1. The molecule has 6 heteroatoms. The maximum Gasteiger partial charge on any atom is 0.228 e. The van der Waals surface area contributed by atoms with Gasteiger partial charge in [-0.25, -0.2) is 9.97 Å². The Hall–Kier alpha value is -2.47. The minimum Gasteiger partial charge on any atom is -0.381 e. The van der Waals surface area contributed by atoms with Crippen molar-refractivity contribution in [1.29, 1.82) is 0 Å². The number of benzene rings is 1. The summed E-state index contributed by atoms with van der Waals surface area (Å²) >= 11 is 0. The van der Waals surface area contributed by atoms with Gasteiger partial charge < -0.3 is 14.5 Å². The molecule has 3 fully saturated rings. The summed E-state index contributed by atoms with van der Waals surface area (Å²) in [5, 5.41) is 0. The number of hydrogen-bond acceptors (Lipinski definition) is 5. The molecule has 3 heterocycles. The molecule has 0 N–H and O–H groups in total. The number of amides is 1. The molecule has 2 aromatic rings. The summed E-state index contributed by atoms with van der Waals surface area (Å²) in [5.74, 6) is 2.91. The number of hydrogen-bond donors (Lipinski definition) is 0. The van der Waals surface area contributed by atoms with Crippen LogP contribution in [0.4, 0.5) is 5.82 Å². The van der Waals surface area contributed by atoms with Crippen LogP contribution in [0.2, 0.25) is 0 Å². The third-order valence-electron chi connectivity index (χ3n) is 6.79. The van der Waals surface area contributed by atoms with Gasteiger partial charge >= 0.3 is 0 Å². The molecule has 0 radical (unpaired) electrons. The Bertz CT molecular complexity index is 958. The van der Waals surface area contributed by atoms with Crippen molar-refractivity contribution in [3.63, 3.8) is 0 Å². The van der Waals surface area contributed by atoms with Crippen molar-refractivity contribution in [2.45, 2.75) is 45.4 Å². The maximum atomic E-state index is 12.8. The average Bonchev–Trinajstić information content (AvgIpc) is 3.48. The summed E-state index contributed by atoms with van der Waals surface area (Å²) in [4.78, 5) is 27.2. The van der Waals surface area contributed by atoms with Crippen LogP contribution in [0.15, 0.2) is 24.3 Å². The van der Waals surface area contributed by atoms with Gasteiger partial charge in [0.1, 0.15) is 11.6 Å². The fourth-order valence-electron chi connectivity index (χ4n) is 4.75. The topological polar surface area (TPSA) is 58.6 Å². The molecule has 1 aliphatic carbocycles. The van der Waals surface area contributed by atoms with Crippen molar-refractivity contribution in [1.82, 2.24) is 14.9 Å². The van der Waals surface area contributed by atoms with Crippen LogP contribution in [0, 0.1) is 19.8 Å². The zero-order valence-electron chi connectivity index (χ0n) is 18.6. The Labute approximate surface area is 184 Å². The van der Waals surface area contributed by atoms with E-state index in [1.807, 2.05) is 4.90 Å². The van der Waals surface area contributed by atoms with Crippen molar-refractivity contribution >= 4 is 11.7 Å². The van der Waals surface area contributed by atoms with Gasteiger partial charge in [0.05, 0.1) is 12.5 Å². The van der Waals surface area contributed by atoms with Crippen molar-refractivity contribution in [3.8, 4) is 0 Å². The smallest absolute Gasteiger partial charge is 0.228 e. The van der Waals surface area contributed by atoms with E-state index in [-0.39, 0.29) is 11.8 Å². The van der Waals surface area contributed by atoms with Crippen LogP contribution in [0.25, 0.3) is 0 Å². The first kappa shape index (κ1) is 20.4. The number of piperazine rings is 1. The van der Waals surface area contributed by atoms with E-state index >= 15 is 0 Å². The van der Waals surface area contributed by atoms with Gasteiger partial charge in [-0.15, -0.1) is 0 Å². The Morgan fingerprint density at radius 2 is 1.90 bits per heavy atom. The summed E-state index contributed by atoms with van der Waals surface area (Å²) in [7, 11) is 0.